The summed E-state index contributed by atoms with van der Waals surface area (Å²) in [7, 11) is 4.29. The third-order valence-corrected chi connectivity index (χ3v) is 1.52. The monoisotopic (exact) mass is 107 g/mol. The predicted octanol–water partition coefficient (Wildman–Crippen LogP) is 0.321. The zero-order valence-corrected chi connectivity index (χ0v) is 5.08. The standard InChI is InChI=1S/C2H6ClNSi/c1-4(2)5-3/h1-2H3. The molecule has 0 bridgehead atoms. The minimum atomic E-state index is 0.420. The number of rotatable bonds is 1. The summed E-state index contributed by atoms with van der Waals surface area (Å²) in [6, 6.07) is 0. The first-order valence-corrected chi connectivity index (χ1v) is 3.27. The fourth-order valence-corrected chi connectivity index (χ4v) is 0. The van der Waals surface area contributed by atoms with E-state index in [4.69, 9.17) is 11.1 Å². The molecule has 0 aliphatic rings. The highest BCUT2D eigenvalue weighted by molar-refractivity contribution is 6.91. The fourth-order valence-electron chi connectivity index (χ4n) is 0. The maximum Gasteiger partial charge on any atom is 0.273 e. The molecule has 0 N–H and O–H groups in total. The quantitative estimate of drug-likeness (QED) is 0.345. The van der Waals surface area contributed by atoms with Gasteiger partial charge in [-0.2, -0.15) is 0 Å². The molecule has 0 rings (SSSR count). The molecule has 0 atom stereocenters. The summed E-state index contributed by atoms with van der Waals surface area (Å²) < 4.78 is 1.92. The molecule has 0 spiro atoms. The van der Waals surface area contributed by atoms with Gasteiger partial charge in [-0.1, -0.05) is 0 Å². The van der Waals surface area contributed by atoms with Gasteiger partial charge < -0.3 is 4.57 Å². The van der Waals surface area contributed by atoms with Crippen molar-refractivity contribution in [3.8, 4) is 0 Å². The van der Waals surface area contributed by atoms with E-state index in [9.17, 15) is 0 Å². The van der Waals surface area contributed by atoms with Crippen LogP contribution in [0, 0.1) is 0 Å². The smallest absolute Gasteiger partial charge is 0.273 e. The Labute approximate surface area is 39.5 Å². The molecule has 5 heavy (non-hydrogen) atoms. The Morgan fingerprint density at radius 2 is 1.80 bits per heavy atom. The first-order chi connectivity index (χ1) is 2.27. The second-order valence-electron chi connectivity index (χ2n) is 0.979. The van der Waals surface area contributed by atoms with Crippen LogP contribution in [0.3, 0.4) is 0 Å². The van der Waals surface area contributed by atoms with Crippen LogP contribution in [0.25, 0.3) is 0 Å². The molecule has 0 aliphatic heterocycles. The second-order valence-corrected chi connectivity index (χ2v) is 2.55. The van der Waals surface area contributed by atoms with Gasteiger partial charge in [0.15, 0.2) is 0 Å². The minimum absolute atomic E-state index is 0.420. The summed E-state index contributed by atoms with van der Waals surface area (Å²) in [5.41, 5.74) is 0. The molecule has 0 amide bonds. The lowest BCUT2D eigenvalue weighted by Crippen LogP contribution is -2.10. The zero-order valence-electron chi connectivity index (χ0n) is 3.33. The molecule has 0 heterocycles. The molecule has 0 aliphatic carbocycles. The molecule has 0 unspecified atom stereocenters. The molecule has 0 saturated carbocycles. The van der Waals surface area contributed by atoms with Crippen molar-refractivity contribution in [1.29, 1.82) is 0 Å². The zero-order chi connectivity index (χ0) is 4.28. The van der Waals surface area contributed by atoms with Crippen molar-refractivity contribution in [1.82, 2.24) is 4.57 Å². The van der Waals surface area contributed by atoms with Gasteiger partial charge in [0.05, 0.1) is 0 Å². The van der Waals surface area contributed by atoms with Crippen molar-refractivity contribution in [2.75, 3.05) is 14.1 Å². The largest absolute Gasteiger partial charge is 0.318 e. The van der Waals surface area contributed by atoms with Gasteiger partial charge in [-0.3, -0.25) is 0 Å². The van der Waals surface area contributed by atoms with Crippen LogP contribution < -0.4 is 0 Å². The molecular weight excluding hydrogens is 102 g/mol. The van der Waals surface area contributed by atoms with Gasteiger partial charge in [-0.05, 0) is 14.1 Å². The molecule has 0 saturated heterocycles. The highest BCUT2D eigenvalue weighted by atomic mass is 35.6. The molecule has 0 fully saturated rings. The maximum atomic E-state index is 5.29. The molecule has 30 valence electrons. The van der Waals surface area contributed by atoms with Gasteiger partial charge in [0.25, 0.3) is 8.99 Å². The van der Waals surface area contributed by atoms with Crippen LogP contribution in [-0.2, 0) is 0 Å². The first kappa shape index (κ1) is 5.47. The van der Waals surface area contributed by atoms with Gasteiger partial charge in [0.1, 0.15) is 0 Å². The highest BCUT2D eigenvalue weighted by Gasteiger charge is 1.79. The van der Waals surface area contributed by atoms with E-state index in [0.717, 1.165) is 0 Å². The molecule has 2 radical (unpaired) electrons. The molecule has 0 aromatic rings. The summed E-state index contributed by atoms with van der Waals surface area (Å²) in [6.45, 7) is 0. The predicted molar refractivity (Wildman–Crippen MR) is 25.3 cm³/mol. The van der Waals surface area contributed by atoms with Crippen molar-refractivity contribution in [2.45, 2.75) is 0 Å². The summed E-state index contributed by atoms with van der Waals surface area (Å²) in [5.74, 6) is 0. The highest BCUT2D eigenvalue weighted by Crippen LogP contribution is 1.69. The first-order valence-electron chi connectivity index (χ1n) is 1.31. The van der Waals surface area contributed by atoms with E-state index in [1.807, 2.05) is 18.7 Å². The minimum Gasteiger partial charge on any atom is -0.318 e. The SMILES string of the molecule is CN(C)[Si]Cl. The Kier molecular flexibility index (Phi) is 2.94. The van der Waals surface area contributed by atoms with Gasteiger partial charge in [0, 0.05) is 0 Å². The van der Waals surface area contributed by atoms with Crippen molar-refractivity contribution >= 4 is 20.1 Å². The van der Waals surface area contributed by atoms with Crippen molar-refractivity contribution < 1.29 is 0 Å². The summed E-state index contributed by atoms with van der Waals surface area (Å²) in [5, 5.41) is 0. The topological polar surface area (TPSA) is 3.24 Å². The Bertz CT molecular complexity index is 23.6. The van der Waals surface area contributed by atoms with Crippen LogP contribution >= 0.6 is 11.1 Å². The number of halogens is 1. The van der Waals surface area contributed by atoms with Crippen LogP contribution in [0.15, 0.2) is 0 Å². The van der Waals surface area contributed by atoms with E-state index in [1.165, 1.54) is 0 Å². The third kappa shape index (κ3) is 4.47. The summed E-state index contributed by atoms with van der Waals surface area (Å²) >= 11 is 5.29. The van der Waals surface area contributed by atoms with Crippen LogP contribution in [0.4, 0.5) is 0 Å². The van der Waals surface area contributed by atoms with Gasteiger partial charge in [-0.25, -0.2) is 0 Å². The van der Waals surface area contributed by atoms with Crippen LogP contribution in [0.1, 0.15) is 0 Å². The van der Waals surface area contributed by atoms with Crippen LogP contribution in [0.2, 0.25) is 0 Å². The van der Waals surface area contributed by atoms with Gasteiger partial charge in [-0.15, -0.1) is 11.1 Å². The van der Waals surface area contributed by atoms with Crippen LogP contribution in [-0.4, -0.2) is 27.7 Å². The van der Waals surface area contributed by atoms with E-state index in [-0.39, 0.29) is 0 Å². The molecule has 0 aromatic heterocycles. The molecule has 1 nitrogen and oxygen atoms in total. The lowest BCUT2D eigenvalue weighted by atomic mass is 11.3. The Morgan fingerprint density at radius 3 is 1.80 bits per heavy atom. The van der Waals surface area contributed by atoms with Gasteiger partial charge in [0.2, 0.25) is 0 Å². The van der Waals surface area contributed by atoms with Crippen molar-refractivity contribution in [3.05, 3.63) is 0 Å². The van der Waals surface area contributed by atoms with Gasteiger partial charge >= 0.3 is 0 Å². The average molecular weight is 108 g/mol. The van der Waals surface area contributed by atoms with Crippen LogP contribution in [0.5, 0.6) is 0 Å². The van der Waals surface area contributed by atoms with E-state index < -0.39 is 0 Å². The van der Waals surface area contributed by atoms with Crippen molar-refractivity contribution in [3.63, 3.8) is 0 Å². The number of nitrogens with zero attached hydrogens (tertiary/aromatic N) is 1. The Balaban J connectivity index is 2.54. The molecular formula is C2H6ClNSi. The average Bonchev–Trinajstić information content (AvgIpc) is 1.38. The van der Waals surface area contributed by atoms with E-state index >= 15 is 0 Å². The lowest BCUT2D eigenvalue weighted by Gasteiger charge is -1.95. The second kappa shape index (κ2) is 2.69. The summed E-state index contributed by atoms with van der Waals surface area (Å²) in [4.78, 5) is 0. The molecule has 0 aromatic carbocycles. The number of hydrogen-bond acceptors (Lipinski definition) is 1. The lowest BCUT2D eigenvalue weighted by molar-refractivity contribution is 0.673. The number of hydrogen-bond donors (Lipinski definition) is 0. The normalized spacial score (nSPS) is 9.60. The Morgan fingerprint density at radius 1 is 1.60 bits per heavy atom. The third-order valence-electron chi connectivity index (χ3n) is 0.169. The van der Waals surface area contributed by atoms with E-state index in [0.29, 0.717) is 8.99 Å². The summed E-state index contributed by atoms with van der Waals surface area (Å²) in [6.07, 6.45) is 0. The molecule has 3 heteroatoms. The Hall–Kier alpha value is 0.467. The fraction of sp³-hybridized carbons (Fsp3) is 1.00. The van der Waals surface area contributed by atoms with Crippen molar-refractivity contribution in [2.24, 2.45) is 0 Å². The maximum absolute atomic E-state index is 5.29. The van der Waals surface area contributed by atoms with E-state index in [1.54, 1.807) is 0 Å². The van der Waals surface area contributed by atoms with E-state index in [2.05, 4.69) is 0 Å².